The highest BCUT2D eigenvalue weighted by atomic mass is 16.3. The number of H-pyrrole nitrogens is 1. The minimum Gasteiger partial charge on any atom is -0.378 e. The van der Waals surface area contributed by atoms with Gasteiger partial charge in [0.05, 0.1) is 5.69 Å². The molecule has 0 saturated carbocycles. The van der Waals surface area contributed by atoms with Gasteiger partial charge in [0, 0.05) is 49.1 Å². The summed E-state index contributed by atoms with van der Waals surface area (Å²) in [4.78, 5) is 18.8. The van der Waals surface area contributed by atoms with Gasteiger partial charge in [-0.2, -0.15) is 5.10 Å². The number of aliphatic imine (C=N–C) groups is 1. The van der Waals surface area contributed by atoms with Crippen LogP contribution in [0.2, 0.25) is 0 Å². The van der Waals surface area contributed by atoms with Crippen LogP contribution in [-0.2, 0) is 4.79 Å². The number of rotatable bonds is 6. The minimum absolute atomic E-state index is 0.231. The zero-order valence-electron chi connectivity index (χ0n) is 20.0. The molecule has 2 N–H and O–H groups in total. The Morgan fingerprint density at radius 2 is 1.82 bits per heavy atom. The van der Waals surface area contributed by atoms with Crippen LogP contribution in [0, 0.1) is 6.92 Å². The van der Waals surface area contributed by atoms with Gasteiger partial charge in [0.25, 0.3) is 5.91 Å². The smallest absolute Gasteiger partial charge is 0.256 e. The first kappa shape index (κ1) is 23.6. The Morgan fingerprint density at radius 3 is 2.47 bits per heavy atom. The van der Waals surface area contributed by atoms with E-state index in [-0.39, 0.29) is 11.8 Å². The maximum atomic E-state index is 12.9. The molecule has 0 radical (unpaired) electrons. The number of aliphatic hydroxyl groups is 1. The van der Waals surface area contributed by atoms with Crippen molar-refractivity contribution in [2.75, 3.05) is 20.1 Å². The molecule has 1 fully saturated rings. The molecule has 1 aromatic heterocycles. The van der Waals surface area contributed by atoms with Gasteiger partial charge < -0.3 is 10.0 Å². The molecule has 176 valence electrons. The van der Waals surface area contributed by atoms with Gasteiger partial charge in [0.15, 0.2) is 6.10 Å². The molecule has 6 heteroatoms. The summed E-state index contributed by atoms with van der Waals surface area (Å²) in [5, 5.41) is 18.6. The van der Waals surface area contributed by atoms with Crippen LogP contribution < -0.4 is 0 Å². The number of allylic oxidation sites excluding steroid dienone is 2. The fraction of sp³-hybridized carbons (Fsp3) is 0.321. The first-order valence-electron chi connectivity index (χ1n) is 11.8. The van der Waals surface area contributed by atoms with Crippen molar-refractivity contribution in [2.24, 2.45) is 4.99 Å². The van der Waals surface area contributed by atoms with Crippen molar-refractivity contribution in [1.82, 2.24) is 15.1 Å². The second kappa shape index (κ2) is 10.6. The van der Waals surface area contributed by atoms with E-state index in [1.165, 1.54) is 5.56 Å². The van der Waals surface area contributed by atoms with Gasteiger partial charge in [-0.25, -0.2) is 0 Å². The molecular weight excluding hydrogens is 424 g/mol. The zero-order chi connectivity index (χ0) is 24.1. The molecule has 6 nitrogen and oxygen atoms in total. The first-order chi connectivity index (χ1) is 16.5. The Morgan fingerprint density at radius 1 is 1.15 bits per heavy atom. The molecule has 1 aliphatic rings. The van der Waals surface area contributed by atoms with E-state index in [2.05, 4.69) is 48.2 Å². The number of amides is 1. The van der Waals surface area contributed by atoms with E-state index in [1.54, 1.807) is 30.3 Å². The molecule has 1 unspecified atom stereocenters. The summed E-state index contributed by atoms with van der Waals surface area (Å²) in [7, 11) is 1.76. The van der Waals surface area contributed by atoms with Crippen LogP contribution in [0.15, 0.2) is 65.7 Å². The topological polar surface area (TPSA) is 81.6 Å². The fourth-order valence-electron chi connectivity index (χ4n) is 4.58. The molecular formula is C28H32N4O2. The van der Waals surface area contributed by atoms with Gasteiger partial charge >= 0.3 is 0 Å². The maximum Gasteiger partial charge on any atom is 0.256 e. The van der Waals surface area contributed by atoms with Crippen LogP contribution in [0.25, 0.3) is 16.8 Å². The van der Waals surface area contributed by atoms with Crippen molar-refractivity contribution in [2.45, 2.75) is 38.7 Å². The summed E-state index contributed by atoms with van der Waals surface area (Å²) >= 11 is 0. The van der Waals surface area contributed by atoms with Gasteiger partial charge in [0.2, 0.25) is 0 Å². The highest BCUT2D eigenvalue weighted by molar-refractivity contribution is 5.89. The second-order valence-corrected chi connectivity index (χ2v) is 8.90. The number of piperidine rings is 1. The van der Waals surface area contributed by atoms with E-state index < -0.39 is 6.10 Å². The SMILES string of the molecule is CN=C/C=C(\C)c1c(-c2ccc(C)cc2)n[nH]c1C1CCN(C(=O)C(O)c2ccccc2)CC1. The molecule has 1 atom stereocenters. The third-order valence-electron chi connectivity index (χ3n) is 6.55. The summed E-state index contributed by atoms with van der Waals surface area (Å²) in [5.41, 5.74) is 7.16. The van der Waals surface area contributed by atoms with Crippen LogP contribution in [-0.4, -0.2) is 52.5 Å². The molecule has 0 aliphatic carbocycles. The lowest BCUT2D eigenvalue weighted by Crippen LogP contribution is -2.40. The van der Waals surface area contributed by atoms with E-state index >= 15 is 0 Å². The number of carbonyl (C=O) groups excluding carboxylic acids is 1. The van der Waals surface area contributed by atoms with Crippen LogP contribution in [0.4, 0.5) is 0 Å². The Kier molecular flexibility index (Phi) is 7.38. The van der Waals surface area contributed by atoms with E-state index in [0.717, 1.165) is 40.9 Å². The largest absolute Gasteiger partial charge is 0.378 e. The van der Waals surface area contributed by atoms with Crippen molar-refractivity contribution < 1.29 is 9.90 Å². The number of nitrogens with one attached hydrogen (secondary N) is 1. The Hall–Kier alpha value is -3.51. The summed E-state index contributed by atoms with van der Waals surface area (Å²) in [5.74, 6) is 0.0200. The molecule has 3 aromatic rings. The molecule has 4 rings (SSSR count). The average molecular weight is 457 g/mol. The van der Waals surface area contributed by atoms with Gasteiger partial charge in [-0.15, -0.1) is 0 Å². The number of carbonyl (C=O) groups is 1. The second-order valence-electron chi connectivity index (χ2n) is 8.90. The third-order valence-corrected chi connectivity index (χ3v) is 6.55. The minimum atomic E-state index is -1.12. The number of hydrogen-bond donors (Lipinski definition) is 2. The molecule has 1 aliphatic heterocycles. The summed E-state index contributed by atoms with van der Waals surface area (Å²) in [6.07, 6.45) is 4.32. The number of likely N-dealkylation sites (tertiary alicyclic amines) is 1. The normalized spacial score (nSPS) is 16.2. The monoisotopic (exact) mass is 456 g/mol. The molecule has 2 aromatic carbocycles. The third kappa shape index (κ3) is 5.02. The van der Waals surface area contributed by atoms with Gasteiger partial charge in [-0.1, -0.05) is 60.2 Å². The lowest BCUT2D eigenvalue weighted by molar-refractivity contribution is -0.141. The Balaban J connectivity index is 1.56. The molecule has 1 saturated heterocycles. The highest BCUT2D eigenvalue weighted by Crippen LogP contribution is 2.37. The van der Waals surface area contributed by atoms with Crippen molar-refractivity contribution in [3.8, 4) is 11.3 Å². The quantitative estimate of drug-likeness (QED) is 0.516. The standard InChI is InChI=1S/C28H32N4O2/c1-19-9-11-21(12-10-19)25-24(20(2)13-16-29-3)26(31-30-25)22-14-17-32(18-15-22)28(34)27(33)23-7-5-4-6-8-23/h4-13,16,22,27,33H,14-15,17-18H2,1-3H3,(H,30,31)/b20-13+,29-16?. The van der Waals surface area contributed by atoms with E-state index in [0.29, 0.717) is 18.7 Å². The number of aromatic amines is 1. The van der Waals surface area contributed by atoms with E-state index in [9.17, 15) is 9.90 Å². The summed E-state index contributed by atoms with van der Waals surface area (Å²) in [6.45, 7) is 5.37. The van der Waals surface area contributed by atoms with Crippen molar-refractivity contribution in [1.29, 1.82) is 0 Å². The van der Waals surface area contributed by atoms with Crippen molar-refractivity contribution >= 4 is 17.7 Å². The van der Waals surface area contributed by atoms with Crippen LogP contribution in [0.3, 0.4) is 0 Å². The van der Waals surface area contributed by atoms with Crippen molar-refractivity contribution in [3.05, 3.63) is 83.1 Å². The Labute approximate surface area is 201 Å². The zero-order valence-corrected chi connectivity index (χ0v) is 20.0. The molecule has 1 amide bonds. The number of aliphatic hydroxyl groups excluding tert-OH is 1. The molecule has 0 bridgehead atoms. The Bertz CT molecular complexity index is 1170. The lowest BCUT2D eigenvalue weighted by Gasteiger charge is -2.33. The maximum absolute atomic E-state index is 12.9. The average Bonchev–Trinajstić information content (AvgIpc) is 3.33. The van der Waals surface area contributed by atoms with Crippen molar-refractivity contribution in [3.63, 3.8) is 0 Å². The fourth-order valence-corrected chi connectivity index (χ4v) is 4.58. The van der Waals surface area contributed by atoms with E-state index in [1.807, 2.05) is 24.3 Å². The summed E-state index contributed by atoms with van der Waals surface area (Å²) in [6, 6.07) is 17.5. The van der Waals surface area contributed by atoms with Gasteiger partial charge in [-0.05, 0) is 43.9 Å². The predicted molar refractivity (Wildman–Crippen MR) is 137 cm³/mol. The number of hydrogen-bond acceptors (Lipinski definition) is 4. The highest BCUT2D eigenvalue weighted by Gasteiger charge is 2.31. The van der Waals surface area contributed by atoms with Gasteiger partial charge in [-0.3, -0.25) is 14.9 Å². The number of nitrogens with zero attached hydrogens (tertiary/aromatic N) is 3. The number of benzene rings is 2. The molecule has 2 heterocycles. The van der Waals surface area contributed by atoms with E-state index in [4.69, 9.17) is 5.10 Å². The number of aromatic nitrogens is 2. The number of aryl methyl sites for hydroxylation is 1. The summed E-state index contributed by atoms with van der Waals surface area (Å²) < 4.78 is 0. The van der Waals surface area contributed by atoms with Crippen LogP contribution in [0.1, 0.15) is 54.2 Å². The van der Waals surface area contributed by atoms with Gasteiger partial charge in [0.1, 0.15) is 0 Å². The predicted octanol–water partition coefficient (Wildman–Crippen LogP) is 4.93. The first-order valence-corrected chi connectivity index (χ1v) is 11.8. The molecule has 34 heavy (non-hydrogen) atoms. The lowest BCUT2D eigenvalue weighted by atomic mass is 9.87. The molecule has 0 spiro atoms. The van der Waals surface area contributed by atoms with Crippen LogP contribution >= 0.6 is 0 Å². The van der Waals surface area contributed by atoms with Crippen LogP contribution in [0.5, 0.6) is 0 Å².